The molecule has 1 spiro atoms. The minimum absolute atomic E-state index is 0.0194. The molecule has 2 rings (SSSR count). The lowest BCUT2D eigenvalue weighted by atomic mass is 9.80. The number of ether oxygens (including phenoxy) is 1. The number of nitrogens with zero attached hydrogens (tertiary/aromatic N) is 2. The maximum Gasteiger partial charge on any atom is 0.233 e. The molecule has 6 nitrogen and oxygen atoms in total. The summed E-state index contributed by atoms with van der Waals surface area (Å²) in [5.74, 6) is 0.160. The Bertz CT molecular complexity index is 375. The summed E-state index contributed by atoms with van der Waals surface area (Å²) in [5, 5.41) is 2.67. The fraction of sp³-hybridized carbons (Fsp3) is 0.857. The van der Waals surface area contributed by atoms with Crippen LogP contribution >= 0.6 is 0 Å². The number of likely N-dealkylation sites (N-methyl/N-ethyl adjacent to an activating group) is 1. The molecule has 2 aliphatic heterocycles. The molecule has 0 aromatic rings. The highest BCUT2D eigenvalue weighted by atomic mass is 16.5. The van der Waals surface area contributed by atoms with Crippen molar-refractivity contribution in [3.05, 3.63) is 0 Å². The lowest BCUT2D eigenvalue weighted by molar-refractivity contribution is -0.134. The van der Waals surface area contributed by atoms with Crippen LogP contribution in [-0.4, -0.2) is 74.6 Å². The van der Waals surface area contributed by atoms with E-state index in [0.29, 0.717) is 19.8 Å². The van der Waals surface area contributed by atoms with Gasteiger partial charge in [0.2, 0.25) is 11.8 Å². The molecule has 2 aliphatic rings. The maximum absolute atomic E-state index is 11.6. The topological polar surface area (TPSA) is 61.9 Å². The molecule has 20 heavy (non-hydrogen) atoms. The molecular formula is C14H25N3O3. The van der Waals surface area contributed by atoms with E-state index in [2.05, 4.69) is 10.2 Å². The molecule has 2 fully saturated rings. The fourth-order valence-electron chi connectivity index (χ4n) is 3.22. The molecule has 1 unspecified atom stereocenters. The van der Waals surface area contributed by atoms with Crippen molar-refractivity contribution in [1.29, 1.82) is 0 Å². The molecule has 6 heteroatoms. The number of nitrogens with one attached hydrogen (secondary N) is 1. The summed E-state index contributed by atoms with van der Waals surface area (Å²) in [4.78, 5) is 27.3. The largest absolute Gasteiger partial charge is 0.379 e. The molecule has 0 aromatic heterocycles. The third kappa shape index (κ3) is 3.70. The Morgan fingerprint density at radius 1 is 1.30 bits per heavy atom. The predicted octanol–water partition coefficient (Wildman–Crippen LogP) is -0.307. The standard InChI is InChI=1S/C14H25N3O3/c1-12(18)17-5-3-4-14(10-17)9-16(6-7-20-11-14)8-13(19)15-2/h3-11H2,1-2H3,(H,15,19). The third-order valence-corrected chi connectivity index (χ3v) is 4.27. The predicted molar refractivity (Wildman–Crippen MR) is 75.2 cm³/mol. The number of hydrogen-bond donors (Lipinski definition) is 1. The summed E-state index contributed by atoms with van der Waals surface area (Å²) in [6, 6.07) is 0. The molecule has 2 saturated heterocycles. The zero-order valence-electron chi connectivity index (χ0n) is 12.5. The number of amides is 2. The van der Waals surface area contributed by atoms with Crippen LogP contribution < -0.4 is 5.32 Å². The van der Waals surface area contributed by atoms with Crippen molar-refractivity contribution < 1.29 is 14.3 Å². The number of carbonyl (C=O) groups excluding carboxylic acids is 2. The Labute approximate surface area is 120 Å². The van der Waals surface area contributed by atoms with E-state index >= 15 is 0 Å². The Morgan fingerprint density at radius 3 is 2.80 bits per heavy atom. The Kier molecular flexibility index (Phi) is 4.99. The second-order valence-electron chi connectivity index (χ2n) is 5.98. The lowest BCUT2D eigenvalue weighted by Crippen LogP contribution is -2.52. The zero-order valence-corrected chi connectivity index (χ0v) is 12.5. The highest BCUT2D eigenvalue weighted by Gasteiger charge is 2.39. The van der Waals surface area contributed by atoms with E-state index in [9.17, 15) is 9.59 Å². The van der Waals surface area contributed by atoms with Gasteiger partial charge in [-0.3, -0.25) is 14.5 Å². The third-order valence-electron chi connectivity index (χ3n) is 4.27. The van der Waals surface area contributed by atoms with E-state index in [4.69, 9.17) is 4.74 Å². The van der Waals surface area contributed by atoms with Gasteiger partial charge < -0.3 is 15.0 Å². The van der Waals surface area contributed by atoms with Crippen LogP contribution in [-0.2, 0) is 14.3 Å². The van der Waals surface area contributed by atoms with Crippen LogP contribution in [0.25, 0.3) is 0 Å². The van der Waals surface area contributed by atoms with Crippen LogP contribution in [0.5, 0.6) is 0 Å². The monoisotopic (exact) mass is 283 g/mol. The number of likely N-dealkylation sites (tertiary alicyclic amines) is 1. The SMILES string of the molecule is CNC(=O)CN1CCOCC2(CCCN(C(C)=O)C2)C1. The summed E-state index contributed by atoms with van der Waals surface area (Å²) >= 11 is 0. The van der Waals surface area contributed by atoms with Crippen molar-refractivity contribution in [3.8, 4) is 0 Å². The second kappa shape index (κ2) is 6.54. The van der Waals surface area contributed by atoms with Crippen molar-refractivity contribution in [2.24, 2.45) is 5.41 Å². The average molecular weight is 283 g/mol. The Morgan fingerprint density at radius 2 is 2.10 bits per heavy atom. The molecule has 0 saturated carbocycles. The van der Waals surface area contributed by atoms with Gasteiger partial charge in [0, 0.05) is 45.6 Å². The summed E-state index contributed by atoms with van der Waals surface area (Å²) in [5.41, 5.74) is -0.0194. The molecule has 1 N–H and O–H groups in total. The highest BCUT2D eigenvalue weighted by Crippen LogP contribution is 2.32. The normalized spacial score (nSPS) is 28.2. The van der Waals surface area contributed by atoms with Crippen LogP contribution in [0, 0.1) is 5.41 Å². The molecule has 2 heterocycles. The van der Waals surface area contributed by atoms with Gasteiger partial charge in [-0.15, -0.1) is 0 Å². The van der Waals surface area contributed by atoms with E-state index in [1.54, 1.807) is 14.0 Å². The van der Waals surface area contributed by atoms with Gasteiger partial charge in [-0.05, 0) is 12.8 Å². The van der Waals surface area contributed by atoms with Crippen molar-refractivity contribution >= 4 is 11.8 Å². The van der Waals surface area contributed by atoms with Crippen LogP contribution in [0.1, 0.15) is 19.8 Å². The summed E-state index contributed by atoms with van der Waals surface area (Å²) in [7, 11) is 1.66. The number of rotatable bonds is 2. The summed E-state index contributed by atoms with van der Waals surface area (Å²) in [6.45, 7) is 6.54. The highest BCUT2D eigenvalue weighted by molar-refractivity contribution is 5.77. The first kappa shape index (κ1) is 15.3. The van der Waals surface area contributed by atoms with Crippen molar-refractivity contribution in [2.75, 3.05) is 53.0 Å². The van der Waals surface area contributed by atoms with Gasteiger partial charge in [-0.25, -0.2) is 0 Å². The lowest BCUT2D eigenvalue weighted by Gasteiger charge is -2.43. The molecule has 2 amide bonds. The zero-order chi connectivity index (χ0) is 14.6. The molecule has 114 valence electrons. The van der Waals surface area contributed by atoms with Gasteiger partial charge in [0.15, 0.2) is 0 Å². The number of carbonyl (C=O) groups is 2. The minimum Gasteiger partial charge on any atom is -0.379 e. The molecule has 1 atom stereocenters. The van der Waals surface area contributed by atoms with Crippen molar-refractivity contribution in [3.63, 3.8) is 0 Å². The average Bonchev–Trinajstić information content (AvgIpc) is 2.61. The molecule has 0 aliphatic carbocycles. The Balaban J connectivity index is 2.04. The van der Waals surface area contributed by atoms with E-state index in [-0.39, 0.29) is 17.2 Å². The van der Waals surface area contributed by atoms with Gasteiger partial charge in [-0.2, -0.15) is 0 Å². The van der Waals surface area contributed by atoms with Crippen molar-refractivity contribution in [2.45, 2.75) is 19.8 Å². The second-order valence-corrected chi connectivity index (χ2v) is 5.98. The first-order chi connectivity index (χ1) is 9.54. The first-order valence-electron chi connectivity index (χ1n) is 7.31. The van der Waals surface area contributed by atoms with Crippen LogP contribution in [0.4, 0.5) is 0 Å². The van der Waals surface area contributed by atoms with Gasteiger partial charge in [0.1, 0.15) is 0 Å². The Hall–Kier alpha value is -1.14. The van der Waals surface area contributed by atoms with Crippen LogP contribution in [0.15, 0.2) is 0 Å². The van der Waals surface area contributed by atoms with Gasteiger partial charge in [0.05, 0.1) is 19.8 Å². The van der Waals surface area contributed by atoms with Gasteiger partial charge >= 0.3 is 0 Å². The van der Waals surface area contributed by atoms with E-state index in [1.807, 2.05) is 4.90 Å². The first-order valence-corrected chi connectivity index (χ1v) is 7.31. The quantitative estimate of drug-likeness (QED) is 0.755. The van der Waals surface area contributed by atoms with Gasteiger partial charge in [-0.1, -0.05) is 0 Å². The van der Waals surface area contributed by atoms with Crippen LogP contribution in [0.3, 0.4) is 0 Å². The summed E-state index contributed by atoms with van der Waals surface area (Å²) < 4.78 is 5.75. The van der Waals surface area contributed by atoms with E-state index in [1.165, 1.54) is 0 Å². The summed E-state index contributed by atoms with van der Waals surface area (Å²) in [6.07, 6.45) is 2.07. The maximum atomic E-state index is 11.6. The molecular weight excluding hydrogens is 258 g/mol. The fourth-order valence-corrected chi connectivity index (χ4v) is 3.22. The smallest absolute Gasteiger partial charge is 0.233 e. The van der Waals surface area contributed by atoms with Crippen molar-refractivity contribution in [1.82, 2.24) is 15.1 Å². The van der Waals surface area contributed by atoms with E-state index in [0.717, 1.165) is 39.0 Å². The van der Waals surface area contributed by atoms with Gasteiger partial charge in [0.25, 0.3) is 0 Å². The number of hydrogen-bond acceptors (Lipinski definition) is 4. The molecule has 0 bridgehead atoms. The van der Waals surface area contributed by atoms with Crippen LogP contribution in [0.2, 0.25) is 0 Å². The molecule has 0 radical (unpaired) electrons. The molecule has 0 aromatic carbocycles. The number of piperidine rings is 1. The minimum atomic E-state index is -0.0194. The van der Waals surface area contributed by atoms with E-state index < -0.39 is 0 Å².